The largest absolute Gasteiger partial charge is 0.496 e. The maximum Gasteiger partial charge on any atom is 0.133 e. The lowest BCUT2D eigenvalue weighted by Gasteiger charge is -2.28. The molecule has 1 aliphatic heterocycles. The molecule has 0 saturated carbocycles. The Morgan fingerprint density at radius 2 is 2.33 bits per heavy atom. The van der Waals surface area contributed by atoms with Crippen molar-refractivity contribution in [3.8, 4) is 5.75 Å². The molecule has 2 rings (SSSR count). The van der Waals surface area contributed by atoms with E-state index in [0.717, 1.165) is 36.1 Å². The molecule has 1 aromatic carbocycles. The van der Waals surface area contributed by atoms with Crippen LogP contribution in [0, 0.1) is 0 Å². The first kappa shape index (κ1) is 13.8. The van der Waals surface area contributed by atoms with Crippen molar-refractivity contribution in [3.63, 3.8) is 0 Å². The van der Waals surface area contributed by atoms with Gasteiger partial charge < -0.3 is 15.2 Å². The monoisotopic (exact) mass is 313 g/mol. The van der Waals surface area contributed by atoms with E-state index in [2.05, 4.69) is 28.1 Å². The van der Waals surface area contributed by atoms with Crippen molar-refractivity contribution in [2.75, 3.05) is 13.7 Å². The third-order valence-corrected chi connectivity index (χ3v) is 4.00. The molecule has 0 spiro atoms. The Balaban J connectivity index is 1.97. The molecule has 0 aromatic heterocycles. The van der Waals surface area contributed by atoms with Gasteiger partial charge in [-0.15, -0.1) is 0 Å². The Labute approximate surface area is 117 Å². The smallest absolute Gasteiger partial charge is 0.133 e. The molecule has 1 fully saturated rings. The number of methoxy groups -OCH3 is 1. The molecular formula is C14H20BrNO2. The van der Waals surface area contributed by atoms with Crippen molar-refractivity contribution in [3.05, 3.63) is 28.2 Å². The molecule has 100 valence electrons. The van der Waals surface area contributed by atoms with Crippen LogP contribution in [0.4, 0.5) is 0 Å². The van der Waals surface area contributed by atoms with Crippen molar-refractivity contribution in [2.45, 2.75) is 37.8 Å². The Morgan fingerprint density at radius 3 is 2.94 bits per heavy atom. The van der Waals surface area contributed by atoms with Gasteiger partial charge in [0.2, 0.25) is 0 Å². The number of benzene rings is 1. The Morgan fingerprint density at radius 1 is 1.50 bits per heavy atom. The van der Waals surface area contributed by atoms with Crippen LogP contribution in [0.25, 0.3) is 0 Å². The molecule has 18 heavy (non-hydrogen) atoms. The van der Waals surface area contributed by atoms with E-state index in [-0.39, 0.29) is 12.1 Å². The highest BCUT2D eigenvalue weighted by atomic mass is 79.9. The number of halogens is 1. The Hall–Kier alpha value is -0.580. The molecule has 2 N–H and O–H groups in total. The molecule has 2 unspecified atom stereocenters. The number of rotatable bonds is 4. The average molecular weight is 314 g/mol. The minimum Gasteiger partial charge on any atom is -0.496 e. The second-order valence-corrected chi connectivity index (χ2v) is 5.60. The van der Waals surface area contributed by atoms with Crippen molar-refractivity contribution in [2.24, 2.45) is 5.73 Å². The minimum absolute atomic E-state index is 0.0746. The van der Waals surface area contributed by atoms with Gasteiger partial charge in [0.1, 0.15) is 5.75 Å². The fourth-order valence-electron chi connectivity index (χ4n) is 2.34. The predicted octanol–water partition coefficient (Wildman–Crippen LogP) is 2.90. The van der Waals surface area contributed by atoms with Crippen LogP contribution in [-0.4, -0.2) is 25.9 Å². The second kappa shape index (κ2) is 6.55. The van der Waals surface area contributed by atoms with Crippen molar-refractivity contribution in [1.29, 1.82) is 0 Å². The molecule has 1 aliphatic rings. The summed E-state index contributed by atoms with van der Waals surface area (Å²) in [7, 11) is 1.67. The van der Waals surface area contributed by atoms with E-state index in [1.807, 2.05) is 6.07 Å². The van der Waals surface area contributed by atoms with Gasteiger partial charge in [0.15, 0.2) is 0 Å². The van der Waals surface area contributed by atoms with Crippen LogP contribution in [0.2, 0.25) is 0 Å². The fraction of sp³-hybridized carbons (Fsp3) is 0.571. The lowest BCUT2D eigenvalue weighted by Crippen LogP contribution is -2.40. The van der Waals surface area contributed by atoms with Gasteiger partial charge in [-0.05, 0) is 59.3 Å². The quantitative estimate of drug-likeness (QED) is 0.929. The van der Waals surface area contributed by atoms with Gasteiger partial charge >= 0.3 is 0 Å². The van der Waals surface area contributed by atoms with Gasteiger partial charge in [0.05, 0.1) is 17.7 Å². The summed E-state index contributed by atoms with van der Waals surface area (Å²) in [6.07, 6.45) is 4.52. The van der Waals surface area contributed by atoms with Crippen LogP contribution in [0.15, 0.2) is 22.7 Å². The van der Waals surface area contributed by atoms with Crippen LogP contribution in [0.3, 0.4) is 0 Å². The van der Waals surface area contributed by atoms with Crippen molar-refractivity contribution >= 4 is 15.9 Å². The Bertz CT molecular complexity index is 391. The van der Waals surface area contributed by atoms with Gasteiger partial charge in [-0.3, -0.25) is 0 Å². The van der Waals surface area contributed by atoms with E-state index in [1.165, 1.54) is 12.0 Å². The number of hydrogen-bond donors (Lipinski definition) is 1. The van der Waals surface area contributed by atoms with E-state index in [4.69, 9.17) is 15.2 Å². The summed E-state index contributed by atoms with van der Waals surface area (Å²) >= 11 is 3.50. The van der Waals surface area contributed by atoms with Crippen molar-refractivity contribution in [1.82, 2.24) is 0 Å². The standard InChI is InChI=1S/C14H20BrNO2/c1-17-13-6-5-10(8-11(13)15)9-12(16)14-4-2-3-7-18-14/h5-6,8,12,14H,2-4,7,9,16H2,1H3. The SMILES string of the molecule is COc1ccc(CC(N)C2CCCCO2)cc1Br. The average Bonchev–Trinajstić information content (AvgIpc) is 2.40. The third-order valence-electron chi connectivity index (χ3n) is 3.38. The maximum absolute atomic E-state index is 6.23. The molecule has 1 saturated heterocycles. The molecule has 4 heteroatoms. The lowest BCUT2D eigenvalue weighted by atomic mass is 9.97. The summed E-state index contributed by atoms with van der Waals surface area (Å²) in [6.45, 7) is 0.852. The molecule has 0 radical (unpaired) electrons. The number of nitrogens with two attached hydrogens (primary N) is 1. The van der Waals surface area contributed by atoms with Crippen molar-refractivity contribution < 1.29 is 9.47 Å². The second-order valence-electron chi connectivity index (χ2n) is 4.74. The van der Waals surface area contributed by atoms with Gasteiger partial charge in [-0.1, -0.05) is 6.07 Å². The van der Waals surface area contributed by atoms with E-state index >= 15 is 0 Å². The molecular weight excluding hydrogens is 294 g/mol. The molecule has 1 aromatic rings. The zero-order valence-electron chi connectivity index (χ0n) is 10.7. The first-order chi connectivity index (χ1) is 8.70. The summed E-state index contributed by atoms with van der Waals surface area (Å²) in [5, 5.41) is 0. The van der Waals surface area contributed by atoms with Crippen LogP contribution in [-0.2, 0) is 11.2 Å². The zero-order valence-corrected chi connectivity index (χ0v) is 12.3. The lowest BCUT2D eigenvalue weighted by molar-refractivity contribution is 0.000632. The van der Waals surface area contributed by atoms with Crippen LogP contribution in [0.1, 0.15) is 24.8 Å². The van der Waals surface area contributed by atoms with E-state index < -0.39 is 0 Å². The molecule has 1 heterocycles. The predicted molar refractivity (Wildman–Crippen MR) is 76.0 cm³/mol. The molecule has 0 aliphatic carbocycles. The summed E-state index contributed by atoms with van der Waals surface area (Å²) in [5.74, 6) is 0.848. The zero-order chi connectivity index (χ0) is 13.0. The van der Waals surface area contributed by atoms with Gasteiger partial charge in [-0.25, -0.2) is 0 Å². The molecule has 3 nitrogen and oxygen atoms in total. The van der Waals surface area contributed by atoms with E-state index in [0.29, 0.717) is 0 Å². The summed E-state index contributed by atoms with van der Waals surface area (Å²) in [6, 6.07) is 6.17. The van der Waals surface area contributed by atoms with E-state index in [9.17, 15) is 0 Å². The van der Waals surface area contributed by atoms with E-state index in [1.54, 1.807) is 7.11 Å². The molecule has 0 bridgehead atoms. The molecule has 0 amide bonds. The van der Waals surface area contributed by atoms with Gasteiger partial charge in [0.25, 0.3) is 0 Å². The van der Waals surface area contributed by atoms with Crippen LogP contribution >= 0.6 is 15.9 Å². The normalized spacial score (nSPS) is 21.6. The topological polar surface area (TPSA) is 44.5 Å². The molecule has 2 atom stereocenters. The Kier molecular flexibility index (Phi) is 5.03. The van der Waals surface area contributed by atoms with Crippen LogP contribution < -0.4 is 10.5 Å². The minimum atomic E-state index is 0.0746. The number of hydrogen-bond acceptors (Lipinski definition) is 3. The number of ether oxygens (including phenoxy) is 2. The fourth-order valence-corrected chi connectivity index (χ4v) is 2.93. The van der Waals surface area contributed by atoms with Gasteiger partial charge in [0, 0.05) is 12.6 Å². The van der Waals surface area contributed by atoms with Crippen LogP contribution in [0.5, 0.6) is 5.75 Å². The summed E-state index contributed by atoms with van der Waals surface area (Å²) < 4.78 is 11.9. The summed E-state index contributed by atoms with van der Waals surface area (Å²) in [5.41, 5.74) is 7.44. The first-order valence-corrected chi connectivity index (χ1v) is 7.19. The maximum atomic E-state index is 6.23. The highest BCUT2D eigenvalue weighted by molar-refractivity contribution is 9.10. The van der Waals surface area contributed by atoms with Gasteiger partial charge in [-0.2, -0.15) is 0 Å². The third kappa shape index (κ3) is 3.46. The summed E-state index contributed by atoms with van der Waals surface area (Å²) in [4.78, 5) is 0. The first-order valence-electron chi connectivity index (χ1n) is 6.40. The highest BCUT2D eigenvalue weighted by Crippen LogP contribution is 2.26. The highest BCUT2D eigenvalue weighted by Gasteiger charge is 2.21.